The number of fused-ring (bicyclic) bond motifs is 1. The van der Waals surface area contributed by atoms with Crippen LogP contribution in [0.1, 0.15) is 43.8 Å². The van der Waals surface area contributed by atoms with Crippen LogP contribution in [-0.2, 0) is 5.54 Å². The third-order valence-corrected chi connectivity index (χ3v) is 6.80. The van der Waals surface area contributed by atoms with Crippen molar-refractivity contribution in [3.63, 3.8) is 0 Å². The summed E-state index contributed by atoms with van der Waals surface area (Å²) >= 11 is 0. The second kappa shape index (κ2) is 9.39. The number of para-hydroxylation sites is 2. The molecule has 1 aliphatic rings. The molecule has 9 heteroatoms. The van der Waals surface area contributed by atoms with Gasteiger partial charge in [-0.2, -0.15) is 0 Å². The normalized spacial score (nSPS) is 15.9. The standard InChI is InChI=1S/C27H33N7O2/c1-18-10-11-21-19(16-18)17-20(26(35)28-21)24(25-29-30-31-34(25)27(2,3)4)33-14-12-32(13-15-33)22-8-6-7-9-23(22)36-5/h6-11,16-17,24H,12-15H2,1-5H3,(H,28,35)/t24-/m0/s1. The number of rotatable bonds is 5. The first kappa shape index (κ1) is 24.0. The highest BCUT2D eigenvalue weighted by Crippen LogP contribution is 2.33. The van der Waals surface area contributed by atoms with Crippen LogP contribution < -0.4 is 15.2 Å². The maximum Gasteiger partial charge on any atom is 0.253 e. The molecule has 0 aliphatic carbocycles. The molecule has 1 atom stereocenters. The Morgan fingerprint density at radius 3 is 2.50 bits per heavy atom. The number of piperazine rings is 1. The number of aromatic nitrogens is 5. The molecule has 0 bridgehead atoms. The summed E-state index contributed by atoms with van der Waals surface area (Å²) in [5.74, 6) is 1.53. The second-order valence-electron chi connectivity index (χ2n) is 10.4. The highest BCUT2D eigenvalue weighted by Gasteiger charge is 2.35. The van der Waals surface area contributed by atoms with Gasteiger partial charge in [0.05, 0.1) is 18.3 Å². The van der Waals surface area contributed by atoms with E-state index in [1.807, 2.05) is 41.1 Å². The Hall–Kier alpha value is -3.72. The van der Waals surface area contributed by atoms with Gasteiger partial charge in [0.1, 0.15) is 11.8 Å². The van der Waals surface area contributed by atoms with Crippen LogP contribution in [-0.4, -0.2) is 63.4 Å². The third kappa shape index (κ3) is 4.46. The van der Waals surface area contributed by atoms with Crippen molar-refractivity contribution in [3.8, 4) is 5.75 Å². The van der Waals surface area contributed by atoms with Gasteiger partial charge in [-0.3, -0.25) is 9.69 Å². The fraction of sp³-hybridized carbons (Fsp3) is 0.407. The Balaban J connectivity index is 1.56. The Labute approximate surface area is 210 Å². The van der Waals surface area contributed by atoms with Crippen LogP contribution in [0.25, 0.3) is 10.9 Å². The smallest absolute Gasteiger partial charge is 0.253 e. The van der Waals surface area contributed by atoms with Crippen LogP contribution in [0.3, 0.4) is 0 Å². The number of anilines is 1. The number of benzene rings is 2. The molecule has 1 saturated heterocycles. The maximum absolute atomic E-state index is 13.4. The maximum atomic E-state index is 13.4. The van der Waals surface area contributed by atoms with E-state index >= 15 is 0 Å². The van der Waals surface area contributed by atoms with Gasteiger partial charge in [-0.05, 0) is 73.8 Å². The summed E-state index contributed by atoms with van der Waals surface area (Å²) in [5.41, 5.74) is 3.24. The molecule has 1 N–H and O–H groups in total. The molecular weight excluding hydrogens is 454 g/mol. The van der Waals surface area contributed by atoms with E-state index in [0.29, 0.717) is 11.4 Å². The first-order chi connectivity index (χ1) is 17.3. The van der Waals surface area contributed by atoms with Crippen molar-refractivity contribution in [1.82, 2.24) is 30.1 Å². The quantitative estimate of drug-likeness (QED) is 0.461. The Bertz CT molecular complexity index is 1430. The first-order valence-electron chi connectivity index (χ1n) is 12.3. The molecule has 0 saturated carbocycles. The molecule has 4 aromatic rings. The van der Waals surface area contributed by atoms with Crippen molar-refractivity contribution >= 4 is 16.6 Å². The van der Waals surface area contributed by atoms with Crippen molar-refractivity contribution in [2.24, 2.45) is 0 Å². The number of hydrogen-bond donors (Lipinski definition) is 1. The van der Waals surface area contributed by atoms with Gasteiger partial charge in [0.25, 0.3) is 5.56 Å². The lowest BCUT2D eigenvalue weighted by Crippen LogP contribution is -2.49. The number of nitrogens with zero attached hydrogens (tertiary/aromatic N) is 6. The monoisotopic (exact) mass is 487 g/mol. The minimum atomic E-state index is -0.382. The average molecular weight is 488 g/mol. The van der Waals surface area contributed by atoms with Crippen molar-refractivity contribution in [2.75, 3.05) is 38.2 Å². The Morgan fingerprint density at radius 1 is 1.03 bits per heavy atom. The number of H-pyrrole nitrogens is 1. The molecule has 0 radical (unpaired) electrons. The molecule has 1 aliphatic heterocycles. The van der Waals surface area contributed by atoms with E-state index in [1.165, 1.54) is 0 Å². The van der Waals surface area contributed by atoms with Crippen LogP contribution in [0.2, 0.25) is 0 Å². The first-order valence-corrected chi connectivity index (χ1v) is 12.3. The van der Waals surface area contributed by atoms with Crippen LogP contribution >= 0.6 is 0 Å². The molecule has 0 amide bonds. The minimum absolute atomic E-state index is 0.119. The van der Waals surface area contributed by atoms with Crippen LogP contribution in [0.4, 0.5) is 5.69 Å². The van der Waals surface area contributed by atoms with Crippen LogP contribution in [0.15, 0.2) is 53.3 Å². The summed E-state index contributed by atoms with van der Waals surface area (Å²) in [5, 5.41) is 13.8. The summed E-state index contributed by atoms with van der Waals surface area (Å²) in [6.07, 6.45) is 0. The molecule has 36 heavy (non-hydrogen) atoms. The van der Waals surface area contributed by atoms with E-state index in [2.05, 4.69) is 70.1 Å². The number of methoxy groups -OCH3 is 1. The highest BCUT2D eigenvalue weighted by atomic mass is 16.5. The summed E-state index contributed by atoms with van der Waals surface area (Å²) < 4.78 is 7.43. The molecule has 188 valence electrons. The zero-order valence-corrected chi connectivity index (χ0v) is 21.5. The summed E-state index contributed by atoms with van der Waals surface area (Å²) in [4.78, 5) is 21.2. The molecule has 0 unspecified atom stereocenters. The zero-order chi connectivity index (χ0) is 25.4. The van der Waals surface area contributed by atoms with Crippen molar-refractivity contribution in [3.05, 3.63) is 75.8 Å². The molecule has 3 heterocycles. The van der Waals surface area contributed by atoms with E-state index in [9.17, 15) is 4.79 Å². The van der Waals surface area contributed by atoms with E-state index in [0.717, 1.165) is 54.1 Å². The van der Waals surface area contributed by atoms with Gasteiger partial charge in [0, 0.05) is 37.3 Å². The Morgan fingerprint density at radius 2 is 1.78 bits per heavy atom. The van der Waals surface area contributed by atoms with E-state index in [4.69, 9.17) is 4.74 Å². The topological polar surface area (TPSA) is 92.2 Å². The number of nitrogens with one attached hydrogen (secondary N) is 1. The van der Waals surface area contributed by atoms with Crippen molar-refractivity contribution in [1.29, 1.82) is 0 Å². The molecule has 2 aromatic carbocycles. The van der Waals surface area contributed by atoms with Gasteiger partial charge in [0.15, 0.2) is 5.82 Å². The molecule has 2 aromatic heterocycles. The summed E-state index contributed by atoms with van der Waals surface area (Å²) in [6, 6.07) is 15.8. The second-order valence-corrected chi connectivity index (χ2v) is 10.4. The molecule has 5 rings (SSSR count). The average Bonchev–Trinajstić information content (AvgIpc) is 3.35. The summed E-state index contributed by atoms with van der Waals surface area (Å²) in [6.45, 7) is 11.3. The number of tetrazole rings is 1. The van der Waals surface area contributed by atoms with E-state index < -0.39 is 0 Å². The lowest BCUT2D eigenvalue weighted by molar-refractivity contribution is 0.190. The number of hydrogen-bond acceptors (Lipinski definition) is 7. The van der Waals surface area contributed by atoms with Gasteiger partial charge in [-0.1, -0.05) is 23.8 Å². The number of pyridine rings is 1. The van der Waals surface area contributed by atoms with Crippen LogP contribution in [0, 0.1) is 6.92 Å². The predicted octanol–water partition coefficient (Wildman–Crippen LogP) is 3.50. The number of aryl methyl sites for hydroxylation is 1. The molecule has 0 spiro atoms. The fourth-order valence-corrected chi connectivity index (χ4v) is 5.00. The molecule has 1 fully saturated rings. The van der Waals surface area contributed by atoms with E-state index in [1.54, 1.807) is 7.11 Å². The lowest BCUT2D eigenvalue weighted by atomic mass is 10.0. The van der Waals surface area contributed by atoms with Gasteiger partial charge < -0.3 is 14.6 Å². The predicted molar refractivity (Wildman–Crippen MR) is 141 cm³/mol. The SMILES string of the molecule is COc1ccccc1N1CCN([C@@H](c2cc3cc(C)ccc3[nH]c2=O)c2nnnn2C(C)(C)C)CC1. The lowest BCUT2D eigenvalue weighted by Gasteiger charge is -2.40. The third-order valence-electron chi connectivity index (χ3n) is 6.80. The molecular formula is C27H33N7O2. The van der Waals surface area contributed by atoms with E-state index in [-0.39, 0.29) is 17.1 Å². The van der Waals surface area contributed by atoms with Gasteiger partial charge in [0.2, 0.25) is 0 Å². The fourth-order valence-electron chi connectivity index (χ4n) is 5.00. The van der Waals surface area contributed by atoms with Gasteiger partial charge >= 0.3 is 0 Å². The highest BCUT2D eigenvalue weighted by molar-refractivity contribution is 5.79. The molecule has 9 nitrogen and oxygen atoms in total. The zero-order valence-electron chi connectivity index (χ0n) is 21.5. The largest absolute Gasteiger partial charge is 0.495 e. The van der Waals surface area contributed by atoms with Gasteiger partial charge in [-0.25, -0.2) is 4.68 Å². The van der Waals surface area contributed by atoms with Gasteiger partial charge in [-0.15, -0.1) is 5.10 Å². The van der Waals surface area contributed by atoms with Crippen molar-refractivity contribution < 1.29 is 4.74 Å². The van der Waals surface area contributed by atoms with Crippen LogP contribution in [0.5, 0.6) is 5.75 Å². The minimum Gasteiger partial charge on any atom is -0.495 e. The number of ether oxygens (including phenoxy) is 1. The Kier molecular flexibility index (Phi) is 6.26. The number of aromatic amines is 1. The summed E-state index contributed by atoms with van der Waals surface area (Å²) in [7, 11) is 1.70. The van der Waals surface area contributed by atoms with Crippen molar-refractivity contribution in [2.45, 2.75) is 39.3 Å².